The molecule has 3 rings (SSSR count). The van der Waals surface area contributed by atoms with Crippen molar-refractivity contribution in [2.75, 3.05) is 4.31 Å². The van der Waals surface area contributed by atoms with E-state index < -0.39 is 17.2 Å². The number of anilines is 1. The Balaban J connectivity index is 1.84. The summed E-state index contributed by atoms with van der Waals surface area (Å²) in [6.45, 7) is 0.0838. The Kier molecular flexibility index (Phi) is 5.84. The van der Waals surface area contributed by atoms with E-state index in [0.29, 0.717) is 16.8 Å². The van der Waals surface area contributed by atoms with Crippen LogP contribution in [0.25, 0.3) is 11.1 Å². The van der Waals surface area contributed by atoms with Crippen molar-refractivity contribution in [1.29, 1.82) is 5.26 Å². The maximum absolute atomic E-state index is 11.8. The monoisotopic (exact) mass is 392 g/mol. The smallest absolute Gasteiger partial charge is 0.335 e. The van der Waals surface area contributed by atoms with Gasteiger partial charge in [0.15, 0.2) is 0 Å². The van der Waals surface area contributed by atoms with E-state index in [-0.39, 0.29) is 12.1 Å². The molecule has 0 fully saturated rings. The van der Waals surface area contributed by atoms with Crippen molar-refractivity contribution in [2.45, 2.75) is 6.54 Å². The molecule has 0 radical (unpaired) electrons. The van der Waals surface area contributed by atoms with Gasteiger partial charge in [-0.1, -0.05) is 36.4 Å². The molecule has 0 aliphatic heterocycles. The molecular weight excluding hydrogens is 376 g/mol. The van der Waals surface area contributed by atoms with Gasteiger partial charge in [-0.2, -0.15) is 5.26 Å². The summed E-state index contributed by atoms with van der Waals surface area (Å²) in [4.78, 5) is 11.1. The van der Waals surface area contributed by atoms with Crippen LogP contribution in [-0.2, 0) is 17.8 Å². The Labute approximate surface area is 164 Å². The van der Waals surface area contributed by atoms with Crippen LogP contribution in [0, 0.1) is 11.3 Å². The SMILES string of the molecule is N#Cc1ccc(-c2ccc(N(Cc3cccc(C(=O)O)c3)S(=O)O)cc2)cc1. The van der Waals surface area contributed by atoms with Gasteiger partial charge in [0, 0.05) is 0 Å². The molecule has 28 heavy (non-hydrogen) atoms. The maximum Gasteiger partial charge on any atom is 0.335 e. The normalized spacial score (nSPS) is 11.4. The Bertz CT molecular complexity index is 1060. The van der Waals surface area contributed by atoms with E-state index in [0.717, 1.165) is 11.1 Å². The summed E-state index contributed by atoms with van der Waals surface area (Å²) >= 11 is -2.28. The topological polar surface area (TPSA) is 102 Å². The number of hydrogen-bond donors (Lipinski definition) is 2. The number of nitrogens with zero attached hydrogens (tertiary/aromatic N) is 2. The average Bonchev–Trinajstić information content (AvgIpc) is 2.72. The van der Waals surface area contributed by atoms with Crippen molar-refractivity contribution in [3.63, 3.8) is 0 Å². The predicted molar refractivity (Wildman–Crippen MR) is 107 cm³/mol. The van der Waals surface area contributed by atoms with Crippen LogP contribution >= 0.6 is 0 Å². The molecule has 140 valence electrons. The van der Waals surface area contributed by atoms with Crippen LogP contribution in [0.15, 0.2) is 72.8 Å². The molecule has 2 N–H and O–H groups in total. The van der Waals surface area contributed by atoms with Gasteiger partial charge in [0.1, 0.15) is 0 Å². The summed E-state index contributed by atoms with van der Waals surface area (Å²) in [6, 6.07) is 22.6. The van der Waals surface area contributed by atoms with Gasteiger partial charge in [-0.05, 0) is 53.1 Å². The van der Waals surface area contributed by atoms with Crippen molar-refractivity contribution in [1.82, 2.24) is 0 Å². The van der Waals surface area contributed by atoms with Crippen molar-refractivity contribution in [3.8, 4) is 17.2 Å². The largest absolute Gasteiger partial charge is 0.478 e. The minimum absolute atomic E-state index is 0.0838. The molecule has 0 aliphatic rings. The van der Waals surface area contributed by atoms with Gasteiger partial charge in [-0.15, -0.1) is 0 Å². The molecule has 0 heterocycles. The van der Waals surface area contributed by atoms with Crippen LogP contribution in [0.2, 0.25) is 0 Å². The van der Waals surface area contributed by atoms with Gasteiger partial charge in [0.2, 0.25) is 0 Å². The van der Waals surface area contributed by atoms with Gasteiger partial charge >= 0.3 is 5.97 Å². The Morgan fingerprint density at radius 3 is 2.14 bits per heavy atom. The zero-order valence-corrected chi connectivity index (χ0v) is 15.5. The molecule has 1 atom stereocenters. The quantitative estimate of drug-likeness (QED) is 0.616. The highest BCUT2D eigenvalue weighted by molar-refractivity contribution is 7.80. The van der Waals surface area contributed by atoms with Crippen molar-refractivity contribution < 1.29 is 18.7 Å². The minimum atomic E-state index is -2.28. The van der Waals surface area contributed by atoms with Gasteiger partial charge in [0.25, 0.3) is 11.3 Å². The molecule has 1 unspecified atom stereocenters. The molecule has 0 aliphatic carbocycles. The van der Waals surface area contributed by atoms with Crippen LogP contribution in [0.4, 0.5) is 5.69 Å². The average molecular weight is 392 g/mol. The molecule has 3 aromatic rings. The lowest BCUT2D eigenvalue weighted by Gasteiger charge is -2.20. The fourth-order valence-corrected chi connectivity index (χ4v) is 3.32. The molecule has 0 amide bonds. The molecule has 3 aromatic carbocycles. The summed E-state index contributed by atoms with van der Waals surface area (Å²) in [5.74, 6) is -1.05. The lowest BCUT2D eigenvalue weighted by atomic mass is 10.0. The number of aromatic carboxylic acids is 1. The third kappa shape index (κ3) is 4.43. The molecule has 7 heteroatoms. The van der Waals surface area contributed by atoms with E-state index in [1.807, 2.05) is 24.3 Å². The highest BCUT2D eigenvalue weighted by atomic mass is 32.2. The number of carbonyl (C=O) groups is 1. The van der Waals surface area contributed by atoms with E-state index in [1.54, 1.807) is 36.4 Å². The number of carboxylic acids is 1. The number of benzene rings is 3. The second-order valence-electron chi connectivity index (χ2n) is 6.01. The molecular formula is C21H16N2O4S. The first-order valence-electron chi connectivity index (χ1n) is 8.29. The Morgan fingerprint density at radius 2 is 1.61 bits per heavy atom. The highest BCUT2D eigenvalue weighted by Crippen LogP contribution is 2.25. The lowest BCUT2D eigenvalue weighted by molar-refractivity contribution is 0.0696. The van der Waals surface area contributed by atoms with E-state index in [1.165, 1.54) is 16.4 Å². The first-order chi connectivity index (χ1) is 13.5. The standard InChI is InChI=1S/C21H16N2O4S/c22-13-15-4-6-17(7-5-15)18-8-10-20(11-9-18)23(28(26)27)14-16-2-1-3-19(12-16)21(24)25/h1-12H,14H2,(H,24,25)(H,26,27). The van der Waals surface area contributed by atoms with Gasteiger partial charge in [0.05, 0.1) is 29.4 Å². The number of carboxylic acid groups (broad SMARTS) is 1. The zero-order chi connectivity index (χ0) is 20.1. The van der Waals surface area contributed by atoms with Crippen LogP contribution in [0.1, 0.15) is 21.5 Å². The molecule has 0 spiro atoms. The number of nitriles is 1. The van der Waals surface area contributed by atoms with E-state index in [9.17, 15) is 13.6 Å². The molecule has 6 nitrogen and oxygen atoms in total. The summed E-state index contributed by atoms with van der Waals surface area (Å²) in [5, 5.41) is 18.0. The molecule has 0 saturated carbocycles. The van der Waals surface area contributed by atoms with Gasteiger partial charge in [-0.25, -0.2) is 9.00 Å². The second-order valence-corrected chi connectivity index (χ2v) is 6.91. The lowest BCUT2D eigenvalue weighted by Crippen LogP contribution is -2.24. The molecule has 0 saturated heterocycles. The first kappa shape index (κ1) is 19.3. The van der Waals surface area contributed by atoms with Crippen LogP contribution in [-0.4, -0.2) is 19.8 Å². The number of rotatable bonds is 6. The third-order valence-electron chi connectivity index (χ3n) is 4.19. The van der Waals surface area contributed by atoms with Crippen LogP contribution in [0.5, 0.6) is 0 Å². The molecule has 0 aromatic heterocycles. The van der Waals surface area contributed by atoms with Gasteiger partial charge < -0.3 is 5.11 Å². The molecule has 0 bridgehead atoms. The van der Waals surface area contributed by atoms with Crippen molar-refractivity contribution in [2.24, 2.45) is 0 Å². The third-order valence-corrected chi connectivity index (χ3v) is 4.91. The summed E-state index contributed by atoms with van der Waals surface area (Å²) in [5.41, 5.74) is 3.67. The summed E-state index contributed by atoms with van der Waals surface area (Å²) in [6.07, 6.45) is 0. The van der Waals surface area contributed by atoms with E-state index >= 15 is 0 Å². The highest BCUT2D eigenvalue weighted by Gasteiger charge is 2.14. The predicted octanol–water partition coefficient (Wildman–Crippen LogP) is 4.07. The maximum atomic E-state index is 11.8. The second kappa shape index (κ2) is 8.48. The van der Waals surface area contributed by atoms with Crippen LogP contribution < -0.4 is 4.31 Å². The first-order valence-corrected chi connectivity index (χ1v) is 9.35. The summed E-state index contributed by atoms with van der Waals surface area (Å²) in [7, 11) is 0. The number of hydrogen-bond acceptors (Lipinski definition) is 3. The van der Waals surface area contributed by atoms with Gasteiger partial charge in [-0.3, -0.25) is 8.86 Å². The summed E-state index contributed by atoms with van der Waals surface area (Å²) < 4.78 is 22.8. The van der Waals surface area contributed by atoms with Crippen LogP contribution in [0.3, 0.4) is 0 Å². The van der Waals surface area contributed by atoms with E-state index in [2.05, 4.69) is 6.07 Å². The fraction of sp³-hybridized carbons (Fsp3) is 0.0476. The fourth-order valence-electron chi connectivity index (χ4n) is 2.76. The Hall–Kier alpha value is -3.47. The minimum Gasteiger partial charge on any atom is -0.478 e. The zero-order valence-electron chi connectivity index (χ0n) is 14.6. The van der Waals surface area contributed by atoms with Crippen molar-refractivity contribution >= 4 is 22.9 Å². The Morgan fingerprint density at radius 1 is 1.00 bits per heavy atom. The van der Waals surface area contributed by atoms with Crippen molar-refractivity contribution in [3.05, 3.63) is 89.5 Å². The van der Waals surface area contributed by atoms with E-state index in [4.69, 9.17) is 10.4 Å².